The van der Waals surface area contributed by atoms with E-state index in [1.54, 1.807) is 11.3 Å². The highest BCUT2D eigenvalue weighted by atomic mass is 32.1. The molecule has 1 aromatic heterocycles. The minimum atomic E-state index is -0.464. The summed E-state index contributed by atoms with van der Waals surface area (Å²) in [7, 11) is 0. The lowest BCUT2D eigenvalue weighted by atomic mass is 10.1. The van der Waals surface area contributed by atoms with Crippen molar-refractivity contribution in [2.24, 2.45) is 11.7 Å². The van der Waals surface area contributed by atoms with Crippen LogP contribution in [0.25, 0.3) is 0 Å². The molecule has 0 saturated heterocycles. The molecule has 0 fully saturated rings. The van der Waals surface area contributed by atoms with E-state index in [1.807, 2.05) is 13.8 Å². The van der Waals surface area contributed by atoms with Crippen LogP contribution < -0.4 is 11.1 Å². The van der Waals surface area contributed by atoms with E-state index in [9.17, 15) is 4.79 Å². The molecule has 0 aliphatic heterocycles. The van der Waals surface area contributed by atoms with Crippen molar-refractivity contribution in [3.63, 3.8) is 0 Å². The molecule has 2 rings (SSSR count). The first-order chi connectivity index (χ1) is 8.58. The SMILES string of the molecule is CC(C)C(N)C(=O)Nc1nc2c(s1)CCCCC2. The smallest absolute Gasteiger partial charge is 0.243 e. The molecule has 4 nitrogen and oxygen atoms in total. The van der Waals surface area contributed by atoms with Crippen LogP contribution in [0, 0.1) is 5.92 Å². The van der Waals surface area contributed by atoms with Crippen LogP contribution in [0.4, 0.5) is 5.13 Å². The highest BCUT2D eigenvalue weighted by Gasteiger charge is 2.20. The van der Waals surface area contributed by atoms with Gasteiger partial charge in [-0.25, -0.2) is 4.98 Å². The summed E-state index contributed by atoms with van der Waals surface area (Å²) < 4.78 is 0. The first-order valence-corrected chi connectivity index (χ1v) is 7.44. The highest BCUT2D eigenvalue weighted by Crippen LogP contribution is 2.28. The minimum absolute atomic E-state index is 0.131. The van der Waals surface area contributed by atoms with Crippen LogP contribution in [0.3, 0.4) is 0 Å². The number of fused-ring (bicyclic) bond motifs is 1. The lowest BCUT2D eigenvalue weighted by molar-refractivity contribution is -0.118. The van der Waals surface area contributed by atoms with Crippen LogP contribution in [0.1, 0.15) is 43.7 Å². The maximum atomic E-state index is 11.9. The average Bonchev–Trinajstić information content (AvgIpc) is 2.57. The van der Waals surface area contributed by atoms with Crippen molar-refractivity contribution in [3.05, 3.63) is 10.6 Å². The molecule has 1 amide bonds. The van der Waals surface area contributed by atoms with E-state index in [2.05, 4.69) is 10.3 Å². The van der Waals surface area contributed by atoms with E-state index in [0.29, 0.717) is 5.13 Å². The Bertz CT molecular complexity index is 404. The number of thiazole rings is 1. The summed E-state index contributed by atoms with van der Waals surface area (Å²) in [6.45, 7) is 3.89. The maximum Gasteiger partial charge on any atom is 0.243 e. The van der Waals surface area contributed by atoms with Gasteiger partial charge in [0.05, 0.1) is 11.7 Å². The summed E-state index contributed by atoms with van der Waals surface area (Å²) in [5, 5.41) is 3.56. The Labute approximate surface area is 112 Å². The lowest BCUT2D eigenvalue weighted by Gasteiger charge is -2.13. The van der Waals surface area contributed by atoms with Crippen molar-refractivity contribution in [1.29, 1.82) is 0 Å². The maximum absolute atomic E-state index is 11.9. The van der Waals surface area contributed by atoms with Gasteiger partial charge < -0.3 is 11.1 Å². The lowest BCUT2D eigenvalue weighted by Crippen LogP contribution is -2.39. The van der Waals surface area contributed by atoms with Crippen LogP contribution in [-0.2, 0) is 17.6 Å². The molecular weight excluding hydrogens is 246 g/mol. The Balaban J connectivity index is 2.04. The summed E-state index contributed by atoms with van der Waals surface area (Å²) in [6.07, 6.45) is 5.85. The molecular formula is C13H21N3OS. The van der Waals surface area contributed by atoms with Gasteiger partial charge >= 0.3 is 0 Å². The summed E-state index contributed by atoms with van der Waals surface area (Å²) in [5.41, 5.74) is 6.99. The zero-order chi connectivity index (χ0) is 13.1. The average molecular weight is 267 g/mol. The third-order valence-corrected chi connectivity index (χ3v) is 4.42. The molecule has 0 saturated carbocycles. The van der Waals surface area contributed by atoms with Crippen molar-refractivity contribution in [1.82, 2.24) is 4.98 Å². The van der Waals surface area contributed by atoms with Gasteiger partial charge in [0.25, 0.3) is 0 Å². The van der Waals surface area contributed by atoms with Crippen LogP contribution >= 0.6 is 11.3 Å². The van der Waals surface area contributed by atoms with E-state index in [-0.39, 0.29) is 11.8 Å². The zero-order valence-corrected chi connectivity index (χ0v) is 11.8. The first-order valence-electron chi connectivity index (χ1n) is 6.63. The summed E-state index contributed by atoms with van der Waals surface area (Å²) in [5.74, 6) is 0.0108. The van der Waals surface area contributed by atoms with Gasteiger partial charge in [-0.2, -0.15) is 0 Å². The predicted molar refractivity (Wildman–Crippen MR) is 74.8 cm³/mol. The number of nitrogens with two attached hydrogens (primary N) is 1. The van der Waals surface area contributed by atoms with Crippen LogP contribution in [0.2, 0.25) is 0 Å². The van der Waals surface area contributed by atoms with Gasteiger partial charge in [0, 0.05) is 4.88 Å². The number of aryl methyl sites for hydroxylation is 2. The molecule has 5 heteroatoms. The van der Waals surface area contributed by atoms with E-state index in [0.717, 1.165) is 12.8 Å². The number of amides is 1. The third kappa shape index (κ3) is 3.09. The number of hydrogen-bond donors (Lipinski definition) is 2. The Kier molecular flexibility index (Phi) is 4.35. The Hall–Kier alpha value is -0.940. The van der Waals surface area contributed by atoms with E-state index >= 15 is 0 Å². The number of carbonyl (C=O) groups is 1. The van der Waals surface area contributed by atoms with Crippen molar-refractivity contribution in [2.45, 2.75) is 52.0 Å². The molecule has 0 bridgehead atoms. The molecule has 3 N–H and O–H groups in total. The van der Waals surface area contributed by atoms with Gasteiger partial charge in [0.2, 0.25) is 5.91 Å². The van der Waals surface area contributed by atoms with E-state index in [1.165, 1.54) is 29.8 Å². The fourth-order valence-electron chi connectivity index (χ4n) is 2.07. The molecule has 1 heterocycles. The van der Waals surface area contributed by atoms with Gasteiger partial charge in [-0.1, -0.05) is 20.3 Å². The highest BCUT2D eigenvalue weighted by molar-refractivity contribution is 7.15. The van der Waals surface area contributed by atoms with E-state index < -0.39 is 6.04 Å². The van der Waals surface area contributed by atoms with Crippen molar-refractivity contribution >= 4 is 22.4 Å². The quantitative estimate of drug-likeness (QED) is 0.826. The normalized spacial score (nSPS) is 17.1. The Morgan fingerprint density at radius 1 is 1.33 bits per heavy atom. The second-order valence-corrected chi connectivity index (χ2v) is 6.29. The van der Waals surface area contributed by atoms with Gasteiger partial charge in [-0.05, 0) is 31.6 Å². The van der Waals surface area contributed by atoms with Crippen LogP contribution in [0.5, 0.6) is 0 Å². The molecule has 1 unspecified atom stereocenters. The number of carbonyl (C=O) groups excluding carboxylic acids is 1. The molecule has 0 radical (unpaired) electrons. The Morgan fingerprint density at radius 2 is 2.06 bits per heavy atom. The summed E-state index contributed by atoms with van der Waals surface area (Å²) in [6, 6.07) is -0.464. The standard InChI is InChI=1S/C13H21N3OS/c1-8(2)11(14)12(17)16-13-15-9-6-4-3-5-7-10(9)18-13/h8,11H,3-7,14H2,1-2H3,(H,15,16,17). The summed E-state index contributed by atoms with van der Waals surface area (Å²) >= 11 is 1.61. The van der Waals surface area contributed by atoms with Gasteiger partial charge in [-0.15, -0.1) is 11.3 Å². The van der Waals surface area contributed by atoms with Crippen molar-refractivity contribution in [3.8, 4) is 0 Å². The number of rotatable bonds is 3. The third-order valence-electron chi connectivity index (χ3n) is 3.35. The number of aromatic nitrogens is 1. The van der Waals surface area contributed by atoms with Crippen LogP contribution in [-0.4, -0.2) is 16.9 Å². The number of hydrogen-bond acceptors (Lipinski definition) is 4. The van der Waals surface area contributed by atoms with Crippen molar-refractivity contribution in [2.75, 3.05) is 5.32 Å². The molecule has 18 heavy (non-hydrogen) atoms. The topological polar surface area (TPSA) is 68.0 Å². The number of anilines is 1. The van der Waals surface area contributed by atoms with Gasteiger partial charge in [0.15, 0.2) is 5.13 Å². The molecule has 0 spiro atoms. The molecule has 1 atom stereocenters. The fourth-order valence-corrected chi connectivity index (χ4v) is 3.13. The zero-order valence-electron chi connectivity index (χ0n) is 11.0. The van der Waals surface area contributed by atoms with Crippen LogP contribution in [0.15, 0.2) is 0 Å². The van der Waals surface area contributed by atoms with Crippen molar-refractivity contribution < 1.29 is 4.79 Å². The predicted octanol–water partition coefficient (Wildman–Crippen LogP) is 2.33. The van der Waals surface area contributed by atoms with E-state index in [4.69, 9.17) is 5.73 Å². The van der Waals surface area contributed by atoms with Gasteiger partial charge in [0.1, 0.15) is 0 Å². The summed E-state index contributed by atoms with van der Waals surface area (Å²) in [4.78, 5) is 17.7. The second-order valence-electron chi connectivity index (χ2n) is 5.21. The van der Waals surface area contributed by atoms with Gasteiger partial charge in [-0.3, -0.25) is 4.79 Å². The Morgan fingerprint density at radius 3 is 2.78 bits per heavy atom. The molecule has 100 valence electrons. The fraction of sp³-hybridized carbons (Fsp3) is 0.692. The minimum Gasteiger partial charge on any atom is -0.320 e. The molecule has 1 aliphatic carbocycles. The largest absolute Gasteiger partial charge is 0.320 e. The number of nitrogens with one attached hydrogen (secondary N) is 1. The first kappa shape index (κ1) is 13.5. The monoisotopic (exact) mass is 267 g/mol. The molecule has 1 aliphatic rings. The molecule has 1 aromatic rings. The molecule has 0 aromatic carbocycles. The second kappa shape index (κ2) is 5.80. The number of nitrogens with zero attached hydrogens (tertiary/aromatic N) is 1.